The summed E-state index contributed by atoms with van der Waals surface area (Å²) in [5.41, 5.74) is 7.40. The Labute approximate surface area is 131 Å². The fourth-order valence-corrected chi connectivity index (χ4v) is 4.62. The molecule has 3 rings (SSSR count). The molecule has 2 aliphatic rings. The molecule has 1 spiro atoms. The van der Waals surface area contributed by atoms with Gasteiger partial charge >= 0.3 is 0 Å². The summed E-state index contributed by atoms with van der Waals surface area (Å²) in [5.74, 6) is 3.28. The van der Waals surface area contributed by atoms with Crippen molar-refractivity contribution in [1.82, 2.24) is 0 Å². The summed E-state index contributed by atoms with van der Waals surface area (Å²) in [4.78, 5) is 0. The van der Waals surface area contributed by atoms with E-state index in [1.807, 2.05) is 23.9 Å². The van der Waals surface area contributed by atoms with Crippen LogP contribution in [0.4, 0.5) is 0 Å². The first-order chi connectivity index (χ1) is 10.2. The average molecular weight is 307 g/mol. The number of rotatable bonds is 4. The molecule has 2 fully saturated rings. The number of hydrogen-bond donors (Lipinski definition) is 1. The molecule has 2 saturated heterocycles. The van der Waals surface area contributed by atoms with Gasteiger partial charge in [-0.15, -0.1) is 0 Å². The summed E-state index contributed by atoms with van der Waals surface area (Å²) in [6.07, 6.45) is 4.32. The zero-order chi connectivity index (χ0) is 14.7. The van der Waals surface area contributed by atoms with E-state index in [0.717, 1.165) is 49.4 Å². The Morgan fingerprint density at radius 1 is 1.48 bits per heavy atom. The lowest BCUT2D eigenvalue weighted by Gasteiger charge is -2.38. The Hall–Kier alpha value is -0.710. The van der Waals surface area contributed by atoms with Crippen LogP contribution >= 0.6 is 11.8 Å². The van der Waals surface area contributed by atoms with Crippen molar-refractivity contribution in [2.75, 3.05) is 18.1 Å². The highest BCUT2D eigenvalue weighted by Crippen LogP contribution is 2.39. The van der Waals surface area contributed by atoms with Crippen LogP contribution in [0.5, 0.6) is 5.75 Å². The number of hydrogen-bond acceptors (Lipinski definition) is 4. The summed E-state index contributed by atoms with van der Waals surface area (Å²) in [7, 11) is 0. The standard InChI is InChI=1S/C17H25NO2S/c1-2-15(18)14-5-3-4-6-16(14)20-13-7-9-19-17(11-13)8-10-21-12-17/h3-6,13,15H,2,7-12,18H2,1H3/t13?,15-,17?/m0/s1. The third-order valence-corrected chi connectivity index (χ3v) is 5.79. The molecule has 1 aromatic carbocycles. The monoisotopic (exact) mass is 307 g/mol. The molecule has 2 N–H and O–H groups in total. The van der Waals surface area contributed by atoms with E-state index in [2.05, 4.69) is 19.1 Å². The van der Waals surface area contributed by atoms with Crippen LogP contribution in [0, 0.1) is 0 Å². The van der Waals surface area contributed by atoms with Gasteiger partial charge in [-0.05, 0) is 24.7 Å². The molecule has 1 aromatic rings. The average Bonchev–Trinajstić information content (AvgIpc) is 2.95. The van der Waals surface area contributed by atoms with E-state index in [9.17, 15) is 0 Å². The SMILES string of the molecule is CC[C@H](N)c1ccccc1OC1CCOC2(CCSC2)C1. The van der Waals surface area contributed by atoms with Gasteiger partial charge in [-0.2, -0.15) is 11.8 Å². The Morgan fingerprint density at radius 2 is 2.33 bits per heavy atom. The third kappa shape index (κ3) is 3.38. The van der Waals surface area contributed by atoms with Gasteiger partial charge in [0.05, 0.1) is 12.2 Å². The predicted octanol–water partition coefficient (Wildman–Crippen LogP) is 3.53. The van der Waals surface area contributed by atoms with Gasteiger partial charge in [0.15, 0.2) is 0 Å². The van der Waals surface area contributed by atoms with E-state index in [1.54, 1.807) is 0 Å². The van der Waals surface area contributed by atoms with E-state index in [0.29, 0.717) is 0 Å². The second kappa shape index (κ2) is 6.59. The van der Waals surface area contributed by atoms with Gasteiger partial charge in [0, 0.05) is 30.2 Å². The topological polar surface area (TPSA) is 44.5 Å². The molecule has 3 nitrogen and oxygen atoms in total. The predicted molar refractivity (Wildman–Crippen MR) is 87.9 cm³/mol. The van der Waals surface area contributed by atoms with Crippen LogP contribution < -0.4 is 10.5 Å². The van der Waals surface area contributed by atoms with Crippen molar-refractivity contribution in [2.45, 2.75) is 50.4 Å². The minimum absolute atomic E-state index is 0.0528. The van der Waals surface area contributed by atoms with Crippen molar-refractivity contribution >= 4 is 11.8 Å². The maximum absolute atomic E-state index is 6.33. The number of nitrogens with two attached hydrogens (primary N) is 1. The van der Waals surface area contributed by atoms with Crippen LogP contribution in [-0.2, 0) is 4.74 Å². The van der Waals surface area contributed by atoms with Crippen molar-refractivity contribution in [3.63, 3.8) is 0 Å². The van der Waals surface area contributed by atoms with E-state index in [-0.39, 0.29) is 17.7 Å². The van der Waals surface area contributed by atoms with E-state index >= 15 is 0 Å². The van der Waals surface area contributed by atoms with Gasteiger partial charge in [-0.1, -0.05) is 25.1 Å². The van der Waals surface area contributed by atoms with Crippen LogP contribution in [0.1, 0.15) is 44.2 Å². The molecule has 0 bridgehead atoms. The molecule has 2 heterocycles. The van der Waals surface area contributed by atoms with Gasteiger partial charge < -0.3 is 15.2 Å². The molecule has 2 aliphatic heterocycles. The third-order valence-electron chi connectivity index (χ3n) is 4.57. The number of ether oxygens (including phenoxy) is 2. The van der Waals surface area contributed by atoms with Gasteiger partial charge in [0.25, 0.3) is 0 Å². The van der Waals surface area contributed by atoms with Crippen molar-refractivity contribution in [3.8, 4) is 5.75 Å². The van der Waals surface area contributed by atoms with Crippen molar-refractivity contribution in [1.29, 1.82) is 0 Å². The molecule has 4 heteroatoms. The smallest absolute Gasteiger partial charge is 0.124 e. The summed E-state index contributed by atoms with van der Waals surface area (Å²) in [6, 6.07) is 8.26. The quantitative estimate of drug-likeness (QED) is 0.924. The fraction of sp³-hybridized carbons (Fsp3) is 0.647. The zero-order valence-electron chi connectivity index (χ0n) is 12.7. The summed E-state index contributed by atoms with van der Waals surface area (Å²) < 4.78 is 12.4. The van der Waals surface area contributed by atoms with E-state index in [1.165, 1.54) is 5.75 Å². The highest BCUT2D eigenvalue weighted by molar-refractivity contribution is 7.99. The van der Waals surface area contributed by atoms with Crippen LogP contribution in [0.25, 0.3) is 0 Å². The summed E-state index contributed by atoms with van der Waals surface area (Å²) in [5, 5.41) is 0. The molecule has 116 valence electrons. The van der Waals surface area contributed by atoms with Gasteiger partial charge in [0.2, 0.25) is 0 Å². The minimum atomic E-state index is 0.0528. The first kappa shape index (κ1) is 15.2. The van der Waals surface area contributed by atoms with Crippen molar-refractivity contribution in [3.05, 3.63) is 29.8 Å². The molecule has 3 atom stereocenters. The lowest BCUT2D eigenvalue weighted by atomic mass is 9.91. The van der Waals surface area contributed by atoms with Gasteiger partial charge in [0.1, 0.15) is 11.9 Å². The lowest BCUT2D eigenvalue weighted by molar-refractivity contribution is -0.0960. The van der Waals surface area contributed by atoms with Crippen LogP contribution in [0.15, 0.2) is 24.3 Å². The second-order valence-electron chi connectivity index (χ2n) is 6.12. The second-order valence-corrected chi connectivity index (χ2v) is 7.22. The maximum Gasteiger partial charge on any atom is 0.124 e. The summed E-state index contributed by atoms with van der Waals surface area (Å²) in [6.45, 7) is 2.92. The lowest BCUT2D eigenvalue weighted by Crippen LogP contribution is -2.44. The number of thioether (sulfide) groups is 1. The normalized spacial score (nSPS) is 30.5. The first-order valence-electron chi connectivity index (χ1n) is 7.95. The molecule has 2 unspecified atom stereocenters. The Balaban J connectivity index is 1.71. The molecular formula is C17H25NO2S. The molecule has 0 aliphatic carbocycles. The highest BCUT2D eigenvalue weighted by atomic mass is 32.2. The largest absolute Gasteiger partial charge is 0.490 e. The van der Waals surface area contributed by atoms with E-state index < -0.39 is 0 Å². The highest BCUT2D eigenvalue weighted by Gasteiger charge is 2.41. The van der Waals surface area contributed by atoms with Crippen LogP contribution in [-0.4, -0.2) is 29.8 Å². The zero-order valence-corrected chi connectivity index (χ0v) is 13.5. The molecule has 0 radical (unpaired) electrons. The first-order valence-corrected chi connectivity index (χ1v) is 9.11. The molecule has 0 saturated carbocycles. The summed E-state index contributed by atoms with van der Waals surface area (Å²) >= 11 is 2.00. The molecule has 21 heavy (non-hydrogen) atoms. The molecule has 0 aromatic heterocycles. The van der Waals surface area contributed by atoms with Crippen molar-refractivity contribution < 1.29 is 9.47 Å². The number of benzene rings is 1. The van der Waals surface area contributed by atoms with E-state index in [4.69, 9.17) is 15.2 Å². The van der Waals surface area contributed by atoms with Crippen molar-refractivity contribution in [2.24, 2.45) is 5.73 Å². The minimum Gasteiger partial charge on any atom is -0.490 e. The molecule has 0 amide bonds. The Bertz CT molecular complexity index is 474. The van der Waals surface area contributed by atoms with Gasteiger partial charge in [-0.3, -0.25) is 0 Å². The Morgan fingerprint density at radius 3 is 3.10 bits per heavy atom. The molecular weight excluding hydrogens is 282 g/mol. The Kier molecular flexibility index (Phi) is 4.77. The fourth-order valence-electron chi connectivity index (χ4n) is 3.24. The maximum atomic E-state index is 6.33. The van der Waals surface area contributed by atoms with Crippen LogP contribution in [0.3, 0.4) is 0 Å². The number of para-hydroxylation sites is 1. The van der Waals surface area contributed by atoms with Crippen LogP contribution in [0.2, 0.25) is 0 Å². The van der Waals surface area contributed by atoms with Gasteiger partial charge in [-0.25, -0.2) is 0 Å².